The molecule has 136 valence electrons. The van der Waals surface area contributed by atoms with Gasteiger partial charge in [0, 0.05) is 19.1 Å². The number of rotatable bonds is 5. The van der Waals surface area contributed by atoms with Crippen molar-refractivity contribution in [2.45, 2.75) is 24.3 Å². The Hall–Kier alpha value is -2.37. The fourth-order valence-corrected chi connectivity index (χ4v) is 4.03. The maximum atomic E-state index is 12.4. The SMILES string of the molecule is O=C(NC1(CCO)CCOC1)OCC1c2ccccc2-c2ccccc21. The smallest absolute Gasteiger partial charge is 0.407 e. The van der Waals surface area contributed by atoms with Gasteiger partial charge in [-0.05, 0) is 35.1 Å². The lowest BCUT2D eigenvalue weighted by Gasteiger charge is -2.27. The third-order valence-corrected chi connectivity index (χ3v) is 5.40. The quantitative estimate of drug-likeness (QED) is 0.867. The molecule has 26 heavy (non-hydrogen) atoms. The highest BCUT2D eigenvalue weighted by molar-refractivity contribution is 5.79. The van der Waals surface area contributed by atoms with E-state index in [1.807, 2.05) is 24.3 Å². The molecule has 1 heterocycles. The third kappa shape index (κ3) is 3.08. The Balaban J connectivity index is 1.47. The van der Waals surface area contributed by atoms with E-state index in [0.717, 1.165) is 0 Å². The number of aliphatic hydroxyl groups excluding tert-OH is 1. The maximum Gasteiger partial charge on any atom is 0.407 e. The van der Waals surface area contributed by atoms with E-state index in [2.05, 4.69) is 29.6 Å². The summed E-state index contributed by atoms with van der Waals surface area (Å²) in [5.41, 5.74) is 4.28. The summed E-state index contributed by atoms with van der Waals surface area (Å²) in [7, 11) is 0. The van der Waals surface area contributed by atoms with E-state index >= 15 is 0 Å². The molecule has 0 aromatic heterocycles. The van der Waals surface area contributed by atoms with Crippen molar-refractivity contribution in [1.82, 2.24) is 5.32 Å². The molecule has 2 aromatic carbocycles. The Bertz CT molecular complexity index is 753. The predicted octanol–water partition coefficient (Wildman–Crippen LogP) is 3.07. The molecule has 5 heteroatoms. The molecule has 4 rings (SSSR count). The van der Waals surface area contributed by atoms with Gasteiger partial charge in [-0.1, -0.05) is 48.5 Å². The van der Waals surface area contributed by atoms with Crippen molar-refractivity contribution in [3.8, 4) is 11.1 Å². The van der Waals surface area contributed by atoms with E-state index in [1.54, 1.807) is 0 Å². The molecule has 1 atom stereocenters. The van der Waals surface area contributed by atoms with Crippen molar-refractivity contribution >= 4 is 6.09 Å². The largest absolute Gasteiger partial charge is 0.449 e. The Morgan fingerprint density at radius 2 is 1.81 bits per heavy atom. The number of amides is 1. The van der Waals surface area contributed by atoms with Crippen molar-refractivity contribution in [1.29, 1.82) is 0 Å². The van der Waals surface area contributed by atoms with Gasteiger partial charge in [0.15, 0.2) is 0 Å². The molecule has 1 aliphatic heterocycles. The van der Waals surface area contributed by atoms with Crippen LogP contribution in [0.25, 0.3) is 11.1 Å². The van der Waals surface area contributed by atoms with Crippen LogP contribution in [0.4, 0.5) is 4.79 Å². The average Bonchev–Trinajstić information content (AvgIpc) is 3.23. The van der Waals surface area contributed by atoms with Crippen molar-refractivity contribution in [2.75, 3.05) is 26.4 Å². The minimum Gasteiger partial charge on any atom is -0.449 e. The molecule has 2 aliphatic rings. The molecular formula is C21H23NO4. The van der Waals surface area contributed by atoms with Gasteiger partial charge >= 0.3 is 6.09 Å². The molecule has 1 saturated heterocycles. The van der Waals surface area contributed by atoms with Gasteiger partial charge in [-0.3, -0.25) is 0 Å². The van der Waals surface area contributed by atoms with Gasteiger partial charge in [-0.2, -0.15) is 0 Å². The van der Waals surface area contributed by atoms with Crippen LogP contribution in [0.5, 0.6) is 0 Å². The third-order valence-electron chi connectivity index (χ3n) is 5.40. The number of ether oxygens (including phenoxy) is 2. The lowest BCUT2D eigenvalue weighted by molar-refractivity contribution is 0.111. The predicted molar refractivity (Wildman–Crippen MR) is 98.1 cm³/mol. The van der Waals surface area contributed by atoms with Crippen LogP contribution >= 0.6 is 0 Å². The zero-order valence-electron chi connectivity index (χ0n) is 14.6. The van der Waals surface area contributed by atoms with Gasteiger partial charge in [0.2, 0.25) is 0 Å². The number of fused-ring (bicyclic) bond motifs is 3. The van der Waals surface area contributed by atoms with E-state index < -0.39 is 11.6 Å². The molecule has 2 N–H and O–H groups in total. The molecule has 1 fully saturated rings. The van der Waals surface area contributed by atoms with E-state index in [9.17, 15) is 9.90 Å². The van der Waals surface area contributed by atoms with Gasteiger partial charge in [-0.15, -0.1) is 0 Å². The van der Waals surface area contributed by atoms with Gasteiger partial charge in [0.1, 0.15) is 6.61 Å². The fraction of sp³-hybridized carbons (Fsp3) is 0.381. The van der Waals surface area contributed by atoms with Crippen molar-refractivity contribution < 1.29 is 19.4 Å². The number of carbonyl (C=O) groups is 1. The van der Waals surface area contributed by atoms with Crippen LogP contribution in [0.3, 0.4) is 0 Å². The molecule has 0 bridgehead atoms. The number of benzene rings is 2. The number of hydrogen-bond donors (Lipinski definition) is 2. The van der Waals surface area contributed by atoms with Crippen LogP contribution in [0.15, 0.2) is 48.5 Å². The Morgan fingerprint density at radius 3 is 2.38 bits per heavy atom. The number of aliphatic hydroxyl groups is 1. The average molecular weight is 353 g/mol. The Kier molecular flexibility index (Phi) is 4.66. The molecule has 5 nitrogen and oxygen atoms in total. The normalized spacial score (nSPS) is 21.3. The molecule has 0 spiro atoms. The zero-order valence-corrected chi connectivity index (χ0v) is 14.6. The second-order valence-corrected chi connectivity index (χ2v) is 7.01. The maximum absolute atomic E-state index is 12.4. The summed E-state index contributed by atoms with van der Waals surface area (Å²) in [6.07, 6.45) is 0.709. The fourth-order valence-electron chi connectivity index (χ4n) is 4.03. The van der Waals surface area contributed by atoms with Crippen LogP contribution in [0, 0.1) is 0 Å². The molecule has 1 amide bonds. The standard InChI is InChI=1S/C21H23NO4/c23-11-9-21(10-12-25-14-21)22-20(24)26-13-19-17-7-3-1-5-15(17)16-6-2-4-8-18(16)19/h1-8,19,23H,9-14H2,(H,22,24). The highest BCUT2D eigenvalue weighted by Gasteiger charge is 2.37. The van der Waals surface area contributed by atoms with Crippen molar-refractivity contribution in [3.05, 3.63) is 59.7 Å². The second-order valence-electron chi connectivity index (χ2n) is 7.01. The first-order chi connectivity index (χ1) is 12.7. The number of alkyl carbamates (subject to hydrolysis) is 1. The molecule has 0 saturated carbocycles. The minimum atomic E-state index is -0.517. The number of hydrogen-bond acceptors (Lipinski definition) is 4. The minimum absolute atomic E-state index is 0.00696. The second kappa shape index (κ2) is 7.09. The van der Waals surface area contributed by atoms with Crippen LogP contribution in [-0.2, 0) is 9.47 Å². The summed E-state index contributed by atoms with van der Waals surface area (Å²) < 4.78 is 11.0. The summed E-state index contributed by atoms with van der Waals surface area (Å²) in [5.74, 6) is 0.0433. The summed E-state index contributed by atoms with van der Waals surface area (Å²) in [6, 6.07) is 16.5. The number of nitrogens with one attached hydrogen (secondary N) is 1. The monoisotopic (exact) mass is 353 g/mol. The Labute approximate surface area is 152 Å². The van der Waals surface area contributed by atoms with Crippen LogP contribution in [-0.4, -0.2) is 43.2 Å². The van der Waals surface area contributed by atoms with E-state index in [1.165, 1.54) is 22.3 Å². The van der Waals surface area contributed by atoms with Gasteiger partial charge in [0.05, 0.1) is 12.1 Å². The van der Waals surface area contributed by atoms with Crippen LogP contribution < -0.4 is 5.32 Å². The first kappa shape index (κ1) is 17.1. The zero-order chi connectivity index (χ0) is 18.0. The molecule has 2 aromatic rings. The number of carbonyl (C=O) groups excluding carboxylic acids is 1. The van der Waals surface area contributed by atoms with E-state index in [4.69, 9.17) is 9.47 Å². The topological polar surface area (TPSA) is 67.8 Å². The van der Waals surface area contributed by atoms with E-state index in [0.29, 0.717) is 26.1 Å². The van der Waals surface area contributed by atoms with Gasteiger partial charge in [-0.25, -0.2) is 4.79 Å². The summed E-state index contributed by atoms with van der Waals surface area (Å²) in [5, 5.41) is 12.2. The van der Waals surface area contributed by atoms with E-state index in [-0.39, 0.29) is 19.1 Å². The molecule has 0 radical (unpaired) electrons. The van der Waals surface area contributed by atoms with Crippen LogP contribution in [0.2, 0.25) is 0 Å². The highest BCUT2D eigenvalue weighted by atomic mass is 16.5. The molecule has 1 aliphatic carbocycles. The first-order valence-corrected chi connectivity index (χ1v) is 9.04. The van der Waals surface area contributed by atoms with Crippen molar-refractivity contribution in [2.24, 2.45) is 0 Å². The van der Waals surface area contributed by atoms with Crippen LogP contribution in [0.1, 0.15) is 29.9 Å². The highest BCUT2D eigenvalue weighted by Crippen LogP contribution is 2.44. The van der Waals surface area contributed by atoms with Gasteiger partial charge in [0.25, 0.3) is 0 Å². The first-order valence-electron chi connectivity index (χ1n) is 9.04. The lowest BCUT2D eigenvalue weighted by atomic mass is 9.95. The lowest BCUT2D eigenvalue weighted by Crippen LogP contribution is -2.50. The summed E-state index contributed by atoms with van der Waals surface area (Å²) in [4.78, 5) is 12.4. The van der Waals surface area contributed by atoms with Crippen molar-refractivity contribution in [3.63, 3.8) is 0 Å². The molecule has 1 unspecified atom stereocenters. The van der Waals surface area contributed by atoms with Gasteiger partial charge < -0.3 is 19.9 Å². The Morgan fingerprint density at radius 1 is 1.15 bits per heavy atom. The molecular weight excluding hydrogens is 330 g/mol. The summed E-state index contributed by atoms with van der Waals surface area (Å²) in [6.45, 7) is 1.30. The summed E-state index contributed by atoms with van der Waals surface area (Å²) >= 11 is 0.